The SMILES string of the molecule is CCOc1ccc(NC(=O)COc2c(-c3ccccc3Cl)oc3ccc(C)cc3c2=O)cc1. The molecule has 7 heteroatoms. The van der Waals surface area contributed by atoms with Gasteiger partial charge in [-0.25, -0.2) is 0 Å². The first-order valence-electron chi connectivity index (χ1n) is 10.4. The summed E-state index contributed by atoms with van der Waals surface area (Å²) in [6.45, 7) is 3.95. The molecule has 1 aromatic heterocycles. The van der Waals surface area contributed by atoms with Gasteiger partial charge in [-0.15, -0.1) is 0 Å². The van der Waals surface area contributed by atoms with Gasteiger partial charge in [-0.3, -0.25) is 9.59 Å². The lowest BCUT2D eigenvalue weighted by atomic mass is 10.1. The zero-order valence-electron chi connectivity index (χ0n) is 18.2. The number of ether oxygens (including phenoxy) is 2. The molecule has 4 aromatic rings. The fourth-order valence-electron chi connectivity index (χ4n) is 3.38. The Morgan fingerprint density at radius 2 is 1.79 bits per heavy atom. The topological polar surface area (TPSA) is 77.8 Å². The number of hydrogen-bond donors (Lipinski definition) is 1. The lowest BCUT2D eigenvalue weighted by Crippen LogP contribution is -2.22. The summed E-state index contributed by atoms with van der Waals surface area (Å²) >= 11 is 6.36. The normalized spacial score (nSPS) is 10.8. The molecule has 1 N–H and O–H groups in total. The zero-order valence-corrected chi connectivity index (χ0v) is 18.9. The summed E-state index contributed by atoms with van der Waals surface area (Å²) in [6.07, 6.45) is 0. The number of nitrogens with one attached hydrogen (secondary N) is 1. The van der Waals surface area contributed by atoms with Crippen molar-refractivity contribution in [2.45, 2.75) is 13.8 Å². The van der Waals surface area contributed by atoms with Gasteiger partial charge < -0.3 is 19.2 Å². The molecule has 0 bridgehead atoms. The maximum Gasteiger partial charge on any atom is 0.262 e. The number of anilines is 1. The third kappa shape index (κ3) is 5.02. The van der Waals surface area contributed by atoms with Crippen LogP contribution in [-0.2, 0) is 4.79 Å². The minimum absolute atomic E-state index is 0.0666. The van der Waals surface area contributed by atoms with Crippen LogP contribution in [0.25, 0.3) is 22.3 Å². The lowest BCUT2D eigenvalue weighted by molar-refractivity contribution is -0.118. The highest BCUT2D eigenvalue weighted by atomic mass is 35.5. The van der Waals surface area contributed by atoms with Crippen molar-refractivity contribution in [2.75, 3.05) is 18.5 Å². The van der Waals surface area contributed by atoms with Crippen molar-refractivity contribution in [2.24, 2.45) is 0 Å². The zero-order chi connectivity index (χ0) is 23.4. The lowest BCUT2D eigenvalue weighted by Gasteiger charge is -2.13. The first-order chi connectivity index (χ1) is 16.0. The van der Waals surface area contributed by atoms with E-state index in [0.29, 0.717) is 39.6 Å². The largest absolute Gasteiger partial charge is 0.494 e. The van der Waals surface area contributed by atoms with Crippen LogP contribution in [0.1, 0.15) is 12.5 Å². The molecule has 6 nitrogen and oxygen atoms in total. The molecule has 168 valence electrons. The summed E-state index contributed by atoms with van der Waals surface area (Å²) in [4.78, 5) is 25.8. The molecule has 0 aliphatic rings. The van der Waals surface area contributed by atoms with Crippen LogP contribution < -0.4 is 20.2 Å². The summed E-state index contributed by atoms with van der Waals surface area (Å²) in [5.41, 5.74) is 2.02. The van der Waals surface area contributed by atoms with Crippen molar-refractivity contribution in [1.29, 1.82) is 0 Å². The Morgan fingerprint density at radius 3 is 2.52 bits per heavy atom. The molecule has 0 unspecified atom stereocenters. The van der Waals surface area contributed by atoms with Crippen molar-refractivity contribution < 1.29 is 18.7 Å². The summed E-state index contributed by atoms with van der Waals surface area (Å²) in [5, 5.41) is 3.51. The Hall–Kier alpha value is -3.77. The van der Waals surface area contributed by atoms with Crippen LogP contribution in [0, 0.1) is 6.92 Å². The summed E-state index contributed by atoms with van der Waals surface area (Å²) in [7, 11) is 0. The molecule has 0 fully saturated rings. The first-order valence-corrected chi connectivity index (χ1v) is 10.8. The fourth-order valence-corrected chi connectivity index (χ4v) is 3.60. The van der Waals surface area contributed by atoms with E-state index in [1.165, 1.54) is 0 Å². The highest BCUT2D eigenvalue weighted by Gasteiger charge is 2.20. The monoisotopic (exact) mass is 463 g/mol. The summed E-state index contributed by atoms with van der Waals surface area (Å²) in [5.74, 6) is 0.395. The Kier molecular flexibility index (Phi) is 6.66. The Bertz CT molecular complexity index is 1360. The van der Waals surface area contributed by atoms with E-state index in [1.807, 2.05) is 19.9 Å². The Labute approximate surface area is 195 Å². The van der Waals surface area contributed by atoms with Crippen LogP contribution in [0.5, 0.6) is 11.5 Å². The van der Waals surface area contributed by atoms with Crippen molar-refractivity contribution in [1.82, 2.24) is 0 Å². The van der Waals surface area contributed by atoms with Crippen molar-refractivity contribution in [3.05, 3.63) is 87.5 Å². The number of halogens is 1. The Morgan fingerprint density at radius 1 is 1.03 bits per heavy atom. The van der Waals surface area contributed by atoms with Gasteiger partial charge in [0.25, 0.3) is 5.91 Å². The molecular formula is C26H22ClNO5. The van der Waals surface area contributed by atoms with Crippen LogP contribution in [0.4, 0.5) is 5.69 Å². The molecule has 0 atom stereocenters. The molecule has 0 saturated heterocycles. The highest BCUT2D eigenvalue weighted by molar-refractivity contribution is 6.33. The number of aryl methyl sites for hydroxylation is 1. The summed E-state index contributed by atoms with van der Waals surface area (Å²) < 4.78 is 17.1. The quantitative estimate of drug-likeness (QED) is 0.372. The molecule has 3 aromatic carbocycles. The van der Waals surface area contributed by atoms with Crippen molar-refractivity contribution in [3.63, 3.8) is 0 Å². The average Bonchev–Trinajstić information content (AvgIpc) is 2.80. The van der Waals surface area contributed by atoms with Crippen LogP contribution in [0.3, 0.4) is 0 Å². The standard InChI is InChI=1S/C26H22ClNO5/c1-3-31-18-11-9-17(10-12-18)28-23(29)15-32-26-24(30)20-14-16(2)8-13-22(20)33-25(26)19-6-4-5-7-21(19)27/h4-14H,3,15H2,1-2H3,(H,28,29). The van der Waals surface area contributed by atoms with Gasteiger partial charge in [-0.05, 0) is 62.4 Å². The van der Waals surface area contributed by atoms with E-state index in [9.17, 15) is 9.59 Å². The number of fused-ring (bicyclic) bond motifs is 1. The van der Waals surface area contributed by atoms with Crippen LogP contribution in [0.2, 0.25) is 5.02 Å². The second-order valence-electron chi connectivity index (χ2n) is 7.36. The molecule has 0 radical (unpaired) electrons. The fraction of sp³-hybridized carbons (Fsp3) is 0.154. The van der Waals surface area contributed by atoms with E-state index in [1.54, 1.807) is 60.7 Å². The van der Waals surface area contributed by atoms with Crippen LogP contribution >= 0.6 is 11.6 Å². The van der Waals surface area contributed by atoms with Gasteiger partial charge in [-0.2, -0.15) is 0 Å². The molecule has 1 amide bonds. The van der Waals surface area contributed by atoms with Gasteiger partial charge in [0.05, 0.1) is 17.0 Å². The third-order valence-corrected chi connectivity index (χ3v) is 5.25. The second kappa shape index (κ2) is 9.79. The van der Waals surface area contributed by atoms with E-state index in [4.69, 9.17) is 25.5 Å². The van der Waals surface area contributed by atoms with E-state index < -0.39 is 5.91 Å². The van der Waals surface area contributed by atoms with Gasteiger partial charge in [0.2, 0.25) is 11.2 Å². The molecule has 0 aliphatic carbocycles. The van der Waals surface area contributed by atoms with E-state index >= 15 is 0 Å². The Balaban J connectivity index is 1.64. The minimum atomic E-state index is -0.423. The number of rotatable bonds is 7. The first kappa shape index (κ1) is 22.4. The van der Waals surface area contributed by atoms with E-state index in [-0.39, 0.29) is 23.5 Å². The van der Waals surface area contributed by atoms with E-state index in [2.05, 4.69) is 5.32 Å². The highest BCUT2D eigenvalue weighted by Crippen LogP contribution is 2.35. The third-order valence-electron chi connectivity index (χ3n) is 4.92. The van der Waals surface area contributed by atoms with Gasteiger partial charge in [0.1, 0.15) is 11.3 Å². The molecule has 0 aliphatic heterocycles. The van der Waals surface area contributed by atoms with Gasteiger partial charge >= 0.3 is 0 Å². The molecule has 0 spiro atoms. The number of benzene rings is 3. The van der Waals surface area contributed by atoms with Crippen LogP contribution in [-0.4, -0.2) is 19.1 Å². The van der Waals surface area contributed by atoms with Gasteiger partial charge in [0.15, 0.2) is 12.4 Å². The number of amides is 1. The summed E-state index contributed by atoms with van der Waals surface area (Å²) in [6, 6.07) is 19.3. The molecule has 1 heterocycles. The van der Waals surface area contributed by atoms with Gasteiger partial charge in [-0.1, -0.05) is 35.4 Å². The number of hydrogen-bond acceptors (Lipinski definition) is 5. The maximum atomic E-state index is 13.3. The molecule has 0 saturated carbocycles. The minimum Gasteiger partial charge on any atom is -0.494 e. The molecule has 4 rings (SSSR count). The smallest absolute Gasteiger partial charge is 0.262 e. The predicted octanol–water partition coefficient (Wildman–Crippen LogP) is 5.84. The van der Waals surface area contributed by atoms with Gasteiger partial charge in [0, 0.05) is 11.3 Å². The maximum absolute atomic E-state index is 13.3. The number of carbonyl (C=O) groups excluding carboxylic acids is 1. The number of carbonyl (C=O) groups is 1. The van der Waals surface area contributed by atoms with E-state index in [0.717, 1.165) is 5.56 Å². The van der Waals surface area contributed by atoms with Crippen molar-refractivity contribution >= 4 is 34.2 Å². The molecular weight excluding hydrogens is 442 g/mol. The average molecular weight is 464 g/mol. The van der Waals surface area contributed by atoms with Crippen molar-refractivity contribution in [3.8, 4) is 22.8 Å². The van der Waals surface area contributed by atoms with Crippen LogP contribution in [0.15, 0.2) is 75.9 Å². The predicted molar refractivity (Wildman–Crippen MR) is 129 cm³/mol. The molecule has 33 heavy (non-hydrogen) atoms. The second-order valence-corrected chi connectivity index (χ2v) is 7.77.